The SMILES string of the molecule is CC[C@H]1[C@@H](O)[C@@H]2[C@H](CC[C@]3(C)[C@@H]([C@H](C)CCOC(=O)N4CCC(O)CC4)CC[C@@H]23)[C@@]2(C)CC[C@@H](O)C[C@@H]12. The molecule has 0 aromatic carbocycles. The first kappa shape index (κ1) is 27.7. The van der Waals surface area contributed by atoms with Crippen molar-refractivity contribution in [3.05, 3.63) is 0 Å². The van der Waals surface area contributed by atoms with Gasteiger partial charge in [-0.15, -0.1) is 0 Å². The van der Waals surface area contributed by atoms with Crippen LogP contribution < -0.4 is 0 Å². The molecule has 3 N–H and O–H groups in total. The lowest BCUT2D eigenvalue weighted by Crippen LogP contribution is -2.62. The van der Waals surface area contributed by atoms with E-state index in [0.717, 1.165) is 32.1 Å². The Bertz CT molecular complexity index is 813. The molecule has 0 aromatic rings. The normalized spacial score (nSPS) is 47.1. The highest BCUT2D eigenvalue weighted by atomic mass is 16.6. The number of amides is 1. The molecule has 1 aliphatic heterocycles. The first-order valence-corrected chi connectivity index (χ1v) is 15.6. The number of fused-ring (bicyclic) bond motifs is 5. The number of piperidine rings is 1. The van der Waals surface area contributed by atoms with Gasteiger partial charge in [0.05, 0.1) is 24.9 Å². The van der Waals surface area contributed by atoms with Gasteiger partial charge in [0.1, 0.15) is 0 Å². The smallest absolute Gasteiger partial charge is 0.409 e. The summed E-state index contributed by atoms with van der Waals surface area (Å²) in [7, 11) is 0. The summed E-state index contributed by atoms with van der Waals surface area (Å²) in [5.74, 6) is 3.34. The van der Waals surface area contributed by atoms with Gasteiger partial charge in [-0.2, -0.15) is 0 Å². The molecule has 6 nitrogen and oxygen atoms in total. The number of rotatable bonds is 5. The molecule has 37 heavy (non-hydrogen) atoms. The third-order valence-electron chi connectivity index (χ3n) is 12.7. The monoisotopic (exact) mass is 519 g/mol. The van der Waals surface area contributed by atoms with Gasteiger partial charge < -0.3 is 25.0 Å². The van der Waals surface area contributed by atoms with Gasteiger partial charge in [0.25, 0.3) is 0 Å². The van der Waals surface area contributed by atoms with Crippen LogP contribution in [-0.2, 0) is 4.74 Å². The van der Waals surface area contributed by atoms with Crippen LogP contribution in [0.15, 0.2) is 0 Å². The van der Waals surface area contributed by atoms with Crippen molar-refractivity contribution >= 4 is 6.09 Å². The highest BCUT2D eigenvalue weighted by Gasteiger charge is 2.64. The van der Waals surface area contributed by atoms with E-state index in [2.05, 4.69) is 27.7 Å². The Balaban J connectivity index is 1.24. The summed E-state index contributed by atoms with van der Waals surface area (Å²) in [5, 5.41) is 32.1. The highest BCUT2D eigenvalue weighted by Crippen LogP contribution is 2.69. The number of aliphatic hydroxyl groups excluding tert-OH is 3. The van der Waals surface area contributed by atoms with Gasteiger partial charge >= 0.3 is 6.09 Å². The van der Waals surface area contributed by atoms with Gasteiger partial charge in [0.15, 0.2) is 0 Å². The Morgan fingerprint density at radius 2 is 1.59 bits per heavy atom. The lowest BCUT2D eigenvalue weighted by Gasteiger charge is -2.64. The van der Waals surface area contributed by atoms with Crippen LogP contribution in [-0.4, -0.2) is 64.3 Å². The molecule has 0 aromatic heterocycles. The van der Waals surface area contributed by atoms with Crippen LogP contribution in [0.1, 0.15) is 98.3 Å². The fourth-order valence-corrected chi connectivity index (χ4v) is 10.6. The van der Waals surface area contributed by atoms with Crippen molar-refractivity contribution in [2.75, 3.05) is 19.7 Å². The summed E-state index contributed by atoms with van der Waals surface area (Å²) in [5.41, 5.74) is 0.484. The lowest BCUT2D eigenvalue weighted by molar-refractivity contribution is -0.203. The summed E-state index contributed by atoms with van der Waals surface area (Å²) >= 11 is 0. The molecular formula is C31H53NO5. The minimum atomic E-state index is -0.288. The predicted octanol–water partition coefficient (Wildman–Crippen LogP) is 5.23. The van der Waals surface area contributed by atoms with Crippen LogP contribution in [0.2, 0.25) is 0 Å². The number of carbonyl (C=O) groups excluding carboxylic acids is 1. The van der Waals surface area contributed by atoms with Gasteiger partial charge in [0.2, 0.25) is 0 Å². The first-order chi connectivity index (χ1) is 17.6. The summed E-state index contributed by atoms with van der Waals surface area (Å²) < 4.78 is 5.67. The molecule has 5 rings (SSSR count). The van der Waals surface area contributed by atoms with E-state index in [1.54, 1.807) is 4.90 Å². The maximum Gasteiger partial charge on any atom is 0.409 e. The predicted molar refractivity (Wildman–Crippen MR) is 144 cm³/mol. The second kappa shape index (κ2) is 10.6. The topological polar surface area (TPSA) is 90.2 Å². The molecule has 212 valence electrons. The molecule has 4 aliphatic carbocycles. The minimum absolute atomic E-state index is 0.197. The Morgan fingerprint density at radius 3 is 2.30 bits per heavy atom. The maximum absolute atomic E-state index is 12.5. The second-order valence-corrected chi connectivity index (χ2v) is 14.2. The van der Waals surface area contributed by atoms with E-state index in [0.29, 0.717) is 74.0 Å². The largest absolute Gasteiger partial charge is 0.449 e. The molecule has 11 atom stereocenters. The molecule has 0 radical (unpaired) electrons. The van der Waals surface area contributed by atoms with Crippen molar-refractivity contribution in [2.24, 2.45) is 52.3 Å². The van der Waals surface area contributed by atoms with Crippen molar-refractivity contribution in [1.29, 1.82) is 0 Å². The molecule has 1 amide bonds. The molecule has 1 heterocycles. The summed E-state index contributed by atoms with van der Waals surface area (Å²) in [6.07, 6.45) is 9.96. The zero-order valence-electron chi connectivity index (χ0n) is 23.8. The van der Waals surface area contributed by atoms with Crippen LogP contribution in [0.5, 0.6) is 0 Å². The third-order valence-corrected chi connectivity index (χ3v) is 12.7. The maximum atomic E-state index is 12.5. The Hall–Kier alpha value is -0.850. The molecule has 6 heteroatoms. The quantitative estimate of drug-likeness (QED) is 0.463. The summed E-state index contributed by atoms with van der Waals surface area (Å²) in [6.45, 7) is 11.2. The number of nitrogens with zero attached hydrogens (tertiary/aromatic N) is 1. The van der Waals surface area contributed by atoms with Crippen molar-refractivity contribution in [1.82, 2.24) is 4.90 Å². The van der Waals surface area contributed by atoms with Gasteiger partial charge in [-0.05, 0) is 116 Å². The van der Waals surface area contributed by atoms with Gasteiger partial charge in [-0.3, -0.25) is 0 Å². The standard InChI is InChI=1S/C31H53NO5/c1-5-22-26-18-21(34)8-13-31(26,4)25-9-14-30(3)23(6-7-24(30)27(25)28(22)35)19(2)12-17-37-29(36)32-15-10-20(33)11-16-32/h19-28,33-35H,5-18H2,1-4H3/t19-,21-,22-,23-,24+,25+,26+,27+,28-,30-,31-/m1/s1. The number of hydrogen-bond donors (Lipinski definition) is 3. The molecule has 0 bridgehead atoms. The Morgan fingerprint density at radius 1 is 0.919 bits per heavy atom. The molecular weight excluding hydrogens is 466 g/mol. The summed E-state index contributed by atoms with van der Waals surface area (Å²) in [4.78, 5) is 14.2. The number of likely N-dealkylation sites (tertiary alicyclic amines) is 1. The molecule has 4 saturated carbocycles. The fourth-order valence-electron chi connectivity index (χ4n) is 10.6. The molecule has 1 saturated heterocycles. The van der Waals surface area contributed by atoms with Crippen LogP contribution in [0.3, 0.4) is 0 Å². The number of aliphatic hydroxyl groups is 3. The average molecular weight is 520 g/mol. The number of carbonyl (C=O) groups is 1. The van der Waals surface area contributed by atoms with E-state index >= 15 is 0 Å². The van der Waals surface area contributed by atoms with E-state index < -0.39 is 0 Å². The van der Waals surface area contributed by atoms with Gasteiger partial charge in [-0.1, -0.05) is 34.1 Å². The first-order valence-electron chi connectivity index (χ1n) is 15.6. The fraction of sp³-hybridized carbons (Fsp3) is 0.968. The van der Waals surface area contributed by atoms with Crippen LogP contribution in [0, 0.1) is 52.3 Å². The van der Waals surface area contributed by atoms with E-state index in [4.69, 9.17) is 4.74 Å². The van der Waals surface area contributed by atoms with Gasteiger partial charge in [-0.25, -0.2) is 4.79 Å². The van der Waals surface area contributed by atoms with Crippen molar-refractivity contribution in [3.8, 4) is 0 Å². The molecule has 0 unspecified atom stereocenters. The van der Waals surface area contributed by atoms with E-state index in [9.17, 15) is 20.1 Å². The summed E-state index contributed by atoms with van der Waals surface area (Å²) in [6, 6.07) is 0. The van der Waals surface area contributed by atoms with Crippen molar-refractivity contribution in [2.45, 2.75) is 117 Å². The Kier molecular flexibility index (Phi) is 7.95. The zero-order valence-corrected chi connectivity index (χ0v) is 23.8. The van der Waals surface area contributed by atoms with Crippen molar-refractivity contribution < 1.29 is 24.9 Å². The zero-order chi connectivity index (χ0) is 26.5. The third kappa shape index (κ3) is 4.75. The highest BCUT2D eigenvalue weighted by molar-refractivity contribution is 5.67. The van der Waals surface area contributed by atoms with Crippen LogP contribution in [0.4, 0.5) is 4.79 Å². The molecule has 5 aliphatic rings. The molecule has 5 fully saturated rings. The van der Waals surface area contributed by atoms with Gasteiger partial charge in [0, 0.05) is 13.1 Å². The van der Waals surface area contributed by atoms with E-state index in [1.165, 1.54) is 25.7 Å². The average Bonchev–Trinajstić information content (AvgIpc) is 3.23. The van der Waals surface area contributed by atoms with E-state index in [1.807, 2.05) is 0 Å². The van der Waals surface area contributed by atoms with Crippen LogP contribution in [0.25, 0.3) is 0 Å². The van der Waals surface area contributed by atoms with E-state index in [-0.39, 0.29) is 35.2 Å². The Labute approximate surface area is 224 Å². The van der Waals surface area contributed by atoms with Crippen LogP contribution >= 0.6 is 0 Å². The lowest BCUT2D eigenvalue weighted by atomic mass is 9.41. The second-order valence-electron chi connectivity index (χ2n) is 14.2. The molecule has 0 spiro atoms. The number of ether oxygens (including phenoxy) is 1. The minimum Gasteiger partial charge on any atom is -0.449 e. The number of hydrogen-bond acceptors (Lipinski definition) is 5. The van der Waals surface area contributed by atoms with Crippen molar-refractivity contribution in [3.63, 3.8) is 0 Å².